The molecule has 0 aliphatic carbocycles. The van der Waals surface area contributed by atoms with E-state index in [0.717, 1.165) is 0 Å². The molecule has 0 radical (unpaired) electrons. The van der Waals surface area contributed by atoms with Crippen molar-refractivity contribution in [2.75, 3.05) is 0 Å². The van der Waals surface area contributed by atoms with Crippen molar-refractivity contribution in [3.05, 3.63) is 0 Å². The van der Waals surface area contributed by atoms with E-state index in [0.29, 0.717) is 0 Å². The number of hydrogen-bond donors (Lipinski definition) is 0. The Hall–Kier alpha value is -1.72. The minimum absolute atomic E-state index is 0.885. The molecule has 0 atom stereocenters. The summed E-state index contributed by atoms with van der Waals surface area (Å²) in [6.07, 6.45) is -37.3. The van der Waals surface area contributed by atoms with Crippen LogP contribution >= 0.6 is 0 Å². The van der Waals surface area contributed by atoms with E-state index in [9.17, 15) is 113 Å². The molecule has 0 bridgehead atoms. The minimum Gasteiger partial charge on any atom is -0.232 e. The maximum Gasteiger partial charge on any atom is 0.438 e. The number of hydrogen-bond acceptors (Lipinski definition) is 6. The van der Waals surface area contributed by atoms with Crippen LogP contribution in [-0.4, -0.2) is 81.5 Å². The van der Waals surface area contributed by atoms with Crippen molar-refractivity contribution in [3.8, 4) is 0 Å². The predicted octanol–water partition coefficient (Wildman–Crippen LogP) is 6.15. The molecule has 0 aliphatic rings. The molecular weight excluding hydrogens is 722 g/mol. The van der Waals surface area contributed by atoms with Gasteiger partial charge in [0.25, 0.3) is 0 Å². The van der Waals surface area contributed by atoms with Crippen molar-refractivity contribution >= 4 is 20.2 Å². The second-order valence-electron chi connectivity index (χ2n) is 7.16. The smallest absolute Gasteiger partial charge is 0.232 e. The molecular formula is C12H4F22O6S2. The predicted molar refractivity (Wildman–Crippen MR) is 81.2 cm³/mol. The van der Waals surface area contributed by atoms with Gasteiger partial charge in [-0.25, -0.2) is 17.1 Å². The van der Waals surface area contributed by atoms with Gasteiger partial charge in [-0.05, 0) is 6.92 Å². The van der Waals surface area contributed by atoms with Gasteiger partial charge in [0.15, 0.2) is 6.29 Å². The molecule has 0 aromatic carbocycles. The Bertz CT molecular complexity index is 1080. The Morgan fingerprint density at radius 1 is 0.405 bits per heavy atom. The van der Waals surface area contributed by atoms with Gasteiger partial charge in [0.05, 0.1) is 0 Å². The first-order valence-corrected chi connectivity index (χ1v) is 11.4. The lowest BCUT2D eigenvalue weighted by molar-refractivity contribution is -0.417. The topological polar surface area (TPSA) is 86.7 Å². The van der Waals surface area contributed by atoms with Crippen LogP contribution < -0.4 is 0 Å². The first-order chi connectivity index (χ1) is 17.6. The highest BCUT2D eigenvalue weighted by molar-refractivity contribution is 7.88. The maximum absolute atomic E-state index is 13.7. The zero-order valence-electron chi connectivity index (χ0n) is 18.2. The van der Waals surface area contributed by atoms with Gasteiger partial charge in [-0.15, -0.1) is 0 Å². The monoisotopic (exact) mass is 726 g/mol. The normalized spacial score (nSPS) is 16.8. The standard InChI is InChI=1S/C12H4F22O6S2/c1-2(39-41(35,36)11(31,32)5(15,16)3(13,7(19,20)21)8(22,23)24)40-42(37,38)12(33,34)6(17,18)4(14,9(25,26)27)10(28,29)30/h2H,1H3. The zero-order chi connectivity index (χ0) is 35.0. The number of rotatable bonds is 10. The Balaban J connectivity index is 6.79. The van der Waals surface area contributed by atoms with Crippen molar-refractivity contribution in [3.63, 3.8) is 0 Å². The van der Waals surface area contributed by atoms with Crippen LogP contribution in [0.1, 0.15) is 6.92 Å². The van der Waals surface area contributed by atoms with Crippen LogP contribution in [0.25, 0.3) is 0 Å². The summed E-state index contributed by atoms with van der Waals surface area (Å²) in [5, 5.41) is -16.5. The zero-order valence-corrected chi connectivity index (χ0v) is 19.8. The highest BCUT2D eigenvalue weighted by Crippen LogP contribution is 2.62. The van der Waals surface area contributed by atoms with Gasteiger partial charge < -0.3 is 0 Å². The number of halogens is 22. The fourth-order valence-electron chi connectivity index (χ4n) is 2.24. The molecule has 0 spiro atoms. The van der Waals surface area contributed by atoms with E-state index in [1.807, 2.05) is 0 Å². The highest BCUT2D eigenvalue weighted by Gasteiger charge is 2.94. The van der Waals surface area contributed by atoms with Gasteiger partial charge in [0, 0.05) is 0 Å². The highest BCUT2D eigenvalue weighted by atomic mass is 32.2. The fourth-order valence-corrected chi connectivity index (χ4v) is 4.24. The first-order valence-electron chi connectivity index (χ1n) is 8.61. The van der Waals surface area contributed by atoms with Crippen molar-refractivity contribution in [1.29, 1.82) is 0 Å². The molecule has 0 saturated heterocycles. The lowest BCUT2D eigenvalue weighted by atomic mass is 9.96. The maximum atomic E-state index is 13.7. The van der Waals surface area contributed by atoms with Gasteiger partial charge in [-0.1, -0.05) is 0 Å². The molecule has 0 rings (SSSR count). The molecule has 0 amide bonds. The third kappa shape index (κ3) is 5.51. The average Bonchev–Trinajstić information content (AvgIpc) is 2.67. The van der Waals surface area contributed by atoms with E-state index < -0.39 is 91.8 Å². The molecule has 30 heteroatoms. The first kappa shape index (κ1) is 40.3. The van der Waals surface area contributed by atoms with Gasteiger partial charge in [0.1, 0.15) is 0 Å². The van der Waals surface area contributed by atoms with Gasteiger partial charge in [0.2, 0.25) is 0 Å². The van der Waals surface area contributed by atoms with E-state index >= 15 is 0 Å². The largest absolute Gasteiger partial charge is 0.438 e. The summed E-state index contributed by atoms with van der Waals surface area (Å²) in [5.74, 6) is -17.3. The summed E-state index contributed by atoms with van der Waals surface area (Å²) in [7, 11) is -17.1. The van der Waals surface area contributed by atoms with E-state index in [2.05, 4.69) is 8.37 Å². The van der Waals surface area contributed by atoms with E-state index in [1.165, 1.54) is 0 Å². The van der Waals surface area contributed by atoms with Gasteiger partial charge in [-0.2, -0.15) is 105 Å². The van der Waals surface area contributed by atoms with Crippen LogP contribution in [0, 0.1) is 0 Å². The van der Waals surface area contributed by atoms with Crippen molar-refractivity contribution in [1.82, 2.24) is 0 Å². The SMILES string of the molecule is CC(OS(=O)(=O)C(F)(F)C(F)(F)C(F)(C(F)(F)F)C(F)(F)F)OS(=O)(=O)C(F)(F)C(F)(F)C(F)(C(F)(F)F)C(F)(F)F. The molecule has 254 valence electrons. The van der Waals surface area contributed by atoms with Crippen molar-refractivity contribution in [2.24, 2.45) is 0 Å². The van der Waals surface area contributed by atoms with Crippen LogP contribution in [-0.2, 0) is 28.6 Å². The van der Waals surface area contributed by atoms with E-state index in [-0.39, 0.29) is 0 Å². The Labute approximate surface area is 214 Å². The molecule has 0 aliphatic heterocycles. The summed E-state index contributed by atoms with van der Waals surface area (Å²) in [6, 6.07) is 0. The molecule has 0 unspecified atom stereocenters. The van der Waals surface area contributed by atoms with Crippen LogP contribution in [0.3, 0.4) is 0 Å². The summed E-state index contributed by atoms with van der Waals surface area (Å²) in [4.78, 5) is 0. The van der Waals surface area contributed by atoms with Crippen LogP contribution in [0.5, 0.6) is 0 Å². The van der Waals surface area contributed by atoms with Crippen LogP contribution in [0.4, 0.5) is 96.6 Å². The fraction of sp³-hybridized carbons (Fsp3) is 1.00. The Morgan fingerprint density at radius 2 is 0.571 bits per heavy atom. The summed E-state index contributed by atoms with van der Waals surface area (Å²) >= 11 is 0. The second kappa shape index (κ2) is 10.2. The summed E-state index contributed by atoms with van der Waals surface area (Å²) < 4.78 is 335. The molecule has 0 N–H and O–H groups in total. The average molecular weight is 726 g/mol. The molecule has 6 nitrogen and oxygen atoms in total. The summed E-state index contributed by atoms with van der Waals surface area (Å²) in [5.41, 5.74) is -17.1. The molecule has 0 saturated carbocycles. The van der Waals surface area contributed by atoms with E-state index in [1.54, 1.807) is 0 Å². The molecule has 0 fully saturated rings. The van der Waals surface area contributed by atoms with Crippen LogP contribution in [0.15, 0.2) is 0 Å². The third-order valence-electron chi connectivity index (χ3n) is 4.31. The van der Waals surface area contributed by atoms with Gasteiger partial charge >= 0.3 is 78.6 Å². The molecule has 0 aromatic rings. The van der Waals surface area contributed by atoms with E-state index in [4.69, 9.17) is 0 Å². The second-order valence-corrected chi connectivity index (χ2v) is 10.4. The Morgan fingerprint density at radius 3 is 0.714 bits per heavy atom. The van der Waals surface area contributed by atoms with Crippen molar-refractivity contribution in [2.45, 2.75) is 71.6 Å². The lowest BCUT2D eigenvalue weighted by Crippen LogP contribution is -2.72. The Kier molecular flexibility index (Phi) is 9.74. The molecule has 0 heterocycles. The molecule has 0 aromatic heterocycles. The number of alkyl halides is 22. The van der Waals surface area contributed by atoms with Gasteiger partial charge in [-0.3, -0.25) is 0 Å². The minimum atomic E-state index is -8.63. The summed E-state index contributed by atoms with van der Waals surface area (Å²) in [6.45, 7) is -0.885. The molecule has 42 heavy (non-hydrogen) atoms. The van der Waals surface area contributed by atoms with Crippen molar-refractivity contribution < 1.29 is 122 Å². The quantitative estimate of drug-likeness (QED) is 0.153. The third-order valence-corrected chi connectivity index (χ3v) is 7.13. The van der Waals surface area contributed by atoms with Crippen LogP contribution in [0.2, 0.25) is 0 Å². The lowest BCUT2D eigenvalue weighted by Gasteiger charge is -2.39.